The first-order valence-electron chi connectivity index (χ1n) is 3.24. The number of rotatable bonds is 2. The molecule has 68 valence electrons. The largest absolute Gasteiger partial charge is 0.478 e. The van der Waals surface area contributed by atoms with Crippen LogP contribution in [0.1, 0.15) is 20.7 Å². The fraction of sp³-hybridized carbons (Fsp3) is 0. The van der Waals surface area contributed by atoms with Gasteiger partial charge in [-0.15, -0.1) is 0 Å². The van der Waals surface area contributed by atoms with E-state index in [0.29, 0.717) is 6.29 Å². The highest BCUT2D eigenvalue weighted by atomic mass is 35.5. The molecule has 0 unspecified atom stereocenters. The van der Waals surface area contributed by atoms with Crippen molar-refractivity contribution in [2.45, 2.75) is 0 Å². The number of hydrogen-bond acceptors (Lipinski definition) is 2. The number of carbonyl (C=O) groups is 2. The molecule has 0 aliphatic carbocycles. The first-order chi connectivity index (χ1) is 6.07. The van der Waals surface area contributed by atoms with Gasteiger partial charge in [-0.25, -0.2) is 9.18 Å². The molecule has 0 heterocycles. The number of carbonyl (C=O) groups excluding carboxylic acids is 1. The summed E-state index contributed by atoms with van der Waals surface area (Å²) in [6, 6.07) is 2.15. The second-order valence-corrected chi connectivity index (χ2v) is 2.63. The standard InChI is InChI=1S/C8H4ClFO3/c9-6-4(3-11)1-2-5(7(6)10)8(12)13/h1-3H,(H,12,13). The minimum atomic E-state index is -1.42. The highest BCUT2D eigenvalue weighted by Crippen LogP contribution is 2.21. The normalized spacial score (nSPS) is 9.69. The van der Waals surface area contributed by atoms with Crippen LogP contribution in [0.3, 0.4) is 0 Å². The van der Waals surface area contributed by atoms with Crippen LogP contribution in [0.5, 0.6) is 0 Å². The number of aldehydes is 1. The van der Waals surface area contributed by atoms with Crippen molar-refractivity contribution in [3.8, 4) is 0 Å². The third-order valence-electron chi connectivity index (χ3n) is 1.47. The quantitative estimate of drug-likeness (QED) is 0.747. The molecule has 1 N–H and O–H groups in total. The molecule has 0 bridgehead atoms. The average molecular weight is 203 g/mol. The maximum Gasteiger partial charge on any atom is 0.338 e. The zero-order chi connectivity index (χ0) is 10.0. The number of aromatic carboxylic acids is 1. The monoisotopic (exact) mass is 202 g/mol. The smallest absolute Gasteiger partial charge is 0.338 e. The Morgan fingerprint density at radius 2 is 2.15 bits per heavy atom. The highest BCUT2D eigenvalue weighted by molar-refractivity contribution is 6.33. The Morgan fingerprint density at radius 1 is 1.54 bits per heavy atom. The predicted molar refractivity (Wildman–Crippen MR) is 43.8 cm³/mol. The molecule has 5 heteroatoms. The van der Waals surface area contributed by atoms with Crippen LogP contribution in [0.4, 0.5) is 4.39 Å². The Balaban J connectivity index is 3.39. The van der Waals surface area contributed by atoms with Crippen molar-refractivity contribution < 1.29 is 19.1 Å². The molecule has 0 fully saturated rings. The molecule has 13 heavy (non-hydrogen) atoms. The molecule has 0 aliphatic heterocycles. The minimum absolute atomic E-state index is 0.0656. The topological polar surface area (TPSA) is 54.4 Å². The van der Waals surface area contributed by atoms with E-state index in [9.17, 15) is 14.0 Å². The molecule has 0 spiro atoms. The maximum absolute atomic E-state index is 13.0. The molecule has 0 radical (unpaired) electrons. The van der Waals surface area contributed by atoms with Gasteiger partial charge in [0.15, 0.2) is 12.1 Å². The van der Waals surface area contributed by atoms with Crippen molar-refractivity contribution in [3.05, 3.63) is 34.1 Å². The molecule has 1 rings (SSSR count). The first-order valence-corrected chi connectivity index (χ1v) is 3.62. The van der Waals surface area contributed by atoms with Gasteiger partial charge in [0.1, 0.15) is 0 Å². The zero-order valence-electron chi connectivity index (χ0n) is 6.25. The number of benzene rings is 1. The summed E-state index contributed by atoms with van der Waals surface area (Å²) >= 11 is 5.37. The van der Waals surface area contributed by atoms with Crippen molar-refractivity contribution in [1.82, 2.24) is 0 Å². The lowest BCUT2D eigenvalue weighted by molar-refractivity contribution is 0.0691. The maximum atomic E-state index is 13.0. The van der Waals surface area contributed by atoms with Crippen LogP contribution < -0.4 is 0 Å². The summed E-state index contributed by atoms with van der Waals surface area (Å²) in [6.45, 7) is 0. The van der Waals surface area contributed by atoms with E-state index in [2.05, 4.69) is 0 Å². The summed E-state index contributed by atoms with van der Waals surface area (Å²) in [5, 5.41) is 8.00. The van der Waals surface area contributed by atoms with Crippen LogP contribution in [0.25, 0.3) is 0 Å². The number of carboxylic acid groups (broad SMARTS) is 1. The summed E-state index contributed by atoms with van der Waals surface area (Å²) < 4.78 is 13.0. The van der Waals surface area contributed by atoms with Gasteiger partial charge in [-0.1, -0.05) is 11.6 Å². The SMILES string of the molecule is O=Cc1ccc(C(=O)O)c(F)c1Cl. The zero-order valence-corrected chi connectivity index (χ0v) is 7.01. The van der Waals surface area contributed by atoms with E-state index in [0.717, 1.165) is 12.1 Å². The van der Waals surface area contributed by atoms with E-state index in [1.54, 1.807) is 0 Å². The van der Waals surface area contributed by atoms with Crippen LogP contribution >= 0.6 is 11.6 Å². The van der Waals surface area contributed by atoms with E-state index < -0.39 is 22.4 Å². The van der Waals surface area contributed by atoms with E-state index in [-0.39, 0.29) is 5.56 Å². The lowest BCUT2D eigenvalue weighted by Crippen LogP contribution is -2.02. The van der Waals surface area contributed by atoms with Crippen LogP contribution in [0, 0.1) is 5.82 Å². The van der Waals surface area contributed by atoms with Crippen LogP contribution in [-0.2, 0) is 0 Å². The molecule has 0 amide bonds. The predicted octanol–water partition coefficient (Wildman–Crippen LogP) is 1.99. The van der Waals surface area contributed by atoms with Gasteiger partial charge in [0.05, 0.1) is 10.6 Å². The summed E-state index contributed by atoms with van der Waals surface area (Å²) in [6.07, 6.45) is 0.358. The third kappa shape index (κ3) is 1.67. The fourth-order valence-corrected chi connectivity index (χ4v) is 1.03. The fourth-order valence-electron chi connectivity index (χ4n) is 0.821. The van der Waals surface area contributed by atoms with Crippen LogP contribution in [-0.4, -0.2) is 17.4 Å². The highest BCUT2D eigenvalue weighted by Gasteiger charge is 2.15. The van der Waals surface area contributed by atoms with Crippen LogP contribution in [0.15, 0.2) is 12.1 Å². The second kappa shape index (κ2) is 3.53. The van der Waals surface area contributed by atoms with Gasteiger partial charge in [0, 0.05) is 5.56 Å². The van der Waals surface area contributed by atoms with E-state index in [1.165, 1.54) is 0 Å². The molecular formula is C8H4ClFO3. The summed E-state index contributed by atoms with van der Waals surface area (Å²) in [5.41, 5.74) is -0.611. The molecule has 0 saturated heterocycles. The summed E-state index contributed by atoms with van der Waals surface area (Å²) in [4.78, 5) is 20.6. The van der Waals surface area contributed by atoms with Gasteiger partial charge >= 0.3 is 5.97 Å². The van der Waals surface area contributed by atoms with Gasteiger partial charge in [-0.2, -0.15) is 0 Å². The van der Waals surface area contributed by atoms with Crippen molar-refractivity contribution in [2.75, 3.05) is 0 Å². The third-order valence-corrected chi connectivity index (χ3v) is 1.85. The first kappa shape index (κ1) is 9.67. The molecular weight excluding hydrogens is 199 g/mol. The van der Waals surface area contributed by atoms with Crippen molar-refractivity contribution >= 4 is 23.9 Å². The van der Waals surface area contributed by atoms with E-state index >= 15 is 0 Å². The van der Waals surface area contributed by atoms with Gasteiger partial charge in [0.2, 0.25) is 0 Å². The van der Waals surface area contributed by atoms with Gasteiger partial charge in [0.25, 0.3) is 0 Å². The molecule has 0 aromatic heterocycles. The van der Waals surface area contributed by atoms with E-state index in [1.807, 2.05) is 0 Å². The molecule has 0 atom stereocenters. The molecule has 1 aromatic carbocycles. The summed E-state index contributed by atoms with van der Waals surface area (Å²) in [5.74, 6) is -2.50. The Bertz CT molecular complexity index is 376. The minimum Gasteiger partial charge on any atom is -0.478 e. The molecule has 3 nitrogen and oxygen atoms in total. The van der Waals surface area contributed by atoms with Crippen LogP contribution in [0.2, 0.25) is 5.02 Å². The average Bonchev–Trinajstić information content (AvgIpc) is 2.09. The lowest BCUT2D eigenvalue weighted by atomic mass is 10.1. The van der Waals surface area contributed by atoms with E-state index in [4.69, 9.17) is 16.7 Å². The Morgan fingerprint density at radius 3 is 2.62 bits per heavy atom. The number of halogens is 2. The Kier molecular flexibility index (Phi) is 2.63. The molecule has 1 aromatic rings. The number of hydrogen-bond donors (Lipinski definition) is 1. The van der Waals surface area contributed by atoms with Gasteiger partial charge < -0.3 is 5.11 Å². The lowest BCUT2D eigenvalue weighted by Gasteiger charge is -2.00. The number of carboxylic acids is 1. The van der Waals surface area contributed by atoms with Crippen molar-refractivity contribution in [1.29, 1.82) is 0 Å². The molecule has 0 saturated carbocycles. The Hall–Kier alpha value is -1.42. The molecule has 0 aliphatic rings. The Labute approximate surface area is 77.7 Å². The summed E-state index contributed by atoms with van der Waals surface area (Å²) in [7, 11) is 0. The van der Waals surface area contributed by atoms with Crippen molar-refractivity contribution in [2.24, 2.45) is 0 Å². The van der Waals surface area contributed by atoms with Crippen molar-refractivity contribution in [3.63, 3.8) is 0 Å². The second-order valence-electron chi connectivity index (χ2n) is 2.25. The van der Waals surface area contributed by atoms with Gasteiger partial charge in [-0.3, -0.25) is 4.79 Å². The van der Waals surface area contributed by atoms with Gasteiger partial charge in [-0.05, 0) is 12.1 Å².